The molecule has 2 amide bonds. The second-order valence-electron chi connectivity index (χ2n) is 9.48. The maximum atomic E-state index is 13.2. The van der Waals surface area contributed by atoms with Gasteiger partial charge in [-0.15, -0.1) is 10.2 Å². The molecule has 0 bridgehead atoms. The summed E-state index contributed by atoms with van der Waals surface area (Å²) in [5, 5.41) is 8.65. The van der Waals surface area contributed by atoms with Crippen molar-refractivity contribution < 1.29 is 14.0 Å². The van der Waals surface area contributed by atoms with Crippen LogP contribution in [0.1, 0.15) is 31.4 Å². The van der Waals surface area contributed by atoms with E-state index in [-0.39, 0.29) is 36.1 Å². The molecule has 2 aliphatic rings. The van der Waals surface area contributed by atoms with Gasteiger partial charge in [0.2, 0.25) is 11.8 Å². The minimum absolute atomic E-state index is 0.0239. The maximum Gasteiger partial charge on any atom is 0.242 e. The van der Waals surface area contributed by atoms with Crippen LogP contribution in [-0.2, 0) is 9.59 Å². The van der Waals surface area contributed by atoms with Gasteiger partial charge < -0.3 is 14.7 Å². The number of carbonyl (C=O) groups is 2. The third-order valence-electron chi connectivity index (χ3n) is 7.01. The van der Waals surface area contributed by atoms with Gasteiger partial charge >= 0.3 is 0 Å². The normalized spacial score (nSPS) is 16.5. The van der Waals surface area contributed by atoms with Crippen molar-refractivity contribution in [2.75, 3.05) is 37.6 Å². The molecule has 1 saturated carbocycles. The van der Waals surface area contributed by atoms with Gasteiger partial charge in [-0.3, -0.25) is 9.59 Å². The number of rotatable bonds is 7. The Labute approximate surface area is 210 Å². The molecule has 36 heavy (non-hydrogen) atoms. The van der Waals surface area contributed by atoms with Crippen molar-refractivity contribution in [1.29, 1.82) is 0 Å². The monoisotopic (exact) mass is 487 g/mol. The molecule has 3 aromatic rings. The zero-order valence-corrected chi connectivity index (χ0v) is 20.4. The van der Waals surface area contributed by atoms with Crippen LogP contribution < -0.4 is 4.90 Å². The summed E-state index contributed by atoms with van der Waals surface area (Å²) in [4.78, 5) is 31.9. The molecule has 8 heteroatoms. The molecule has 0 radical (unpaired) electrons. The Balaban J connectivity index is 1.19. The Kier molecular flexibility index (Phi) is 6.93. The summed E-state index contributed by atoms with van der Waals surface area (Å²) < 4.78 is 13.2. The first-order chi connectivity index (χ1) is 17.5. The van der Waals surface area contributed by atoms with E-state index in [1.807, 2.05) is 54.3 Å². The van der Waals surface area contributed by atoms with Crippen LogP contribution in [0.3, 0.4) is 0 Å². The summed E-state index contributed by atoms with van der Waals surface area (Å²) in [7, 11) is 0. The van der Waals surface area contributed by atoms with Gasteiger partial charge in [-0.1, -0.05) is 30.3 Å². The van der Waals surface area contributed by atoms with Crippen LogP contribution >= 0.6 is 0 Å². The molecule has 1 aliphatic carbocycles. The summed E-state index contributed by atoms with van der Waals surface area (Å²) in [6.07, 6.45) is 1.81. The van der Waals surface area contributed by atoms with E-state index in [1.54, 1.807) is 17.0 Å². The van der Waals surface area contributed by atoms with E-state index < -0.39 is 0 Å². The van der Waals surface area contributed by atoms with Crippen molar-refractivity contribution in [1.82, 2.24) is 20.0 Å². The Morgan fingerprint density at radius 2 is 1.64 bits per heavy atom. The van der Waals surface area contributed by atoms with Gasteiger partial charge in [-0.25, -0.2) is 4.39 Å². The van der Waals surface area contributed by atoms with Gasteiger partial charge in [0.25, 0.3) is 0 Å². The van der Waals surface area contributed by atoms with Crippen molar-refractivity contribution in [2.24, 2.45) is 5.92 Å². The standard InChI is InChI=1S/C28H30FN5O2/c1-20(21-5-3-2-4-6-21)34(28(36)23-7-8-23)19-27(35)33-17-15-32(16-18-33)26-14-13-25(30-31-26)22-9-11-24(29)12-10-22/h2-6,9-14,20,23H,7-8,15-19H2,1H3/t20-/m0/s1. The summed E-state index contributed by atoms with van der Waals surface area (Å²) in [6.45, 7) is 4.49. The number of piperazine rings is 1. The van der Waals surface area contributed by atoms with Crippen LogP contribution in [0.25, 0.3) is 11.3 Å². The molecule has 0 N–H and O–H groups in total. The summed E-state index contributed by atoms with van der Waals surface area (Å²) in [5.41, 5.74) is 2.52. The lowest BCUT2D eigenvalue weighted by atomic mass is 10.1. The zero-order valence-electron chi connectivity index (χ0n) is 20.4. The van der Waals surface area contributed by atoms with E-state index in [0.717, 1.165) is 29.8 Å². The lowest BCUT2D eigenvalue weighted by Crippen LogP contribution is -2.52. The predicted octanol–water partition coefficient (Wildman–Crippen LogP) is 3.93. The van der Waals surface area contributed by atoms with E-state index in [0.29, 0.717) is 31.9 Å². The van der Waals surface area contributed by atoms with Crippen LogP contribution in [-0.4, -0.2) is 64.5 Å². The second kappa shape index (κ2) is 10.4. The number of carbonyl (C=O) groups excluding carboxylic acids is 2. The quantitative estimate of drug-likeness (QED) is 0.505. The second-order valence-corrected chi connectivity index (χ2v) is 9.48. The highest BCUT2D eigenvalue weighted by Crippen LogP contribution is 2.34. The Morgan fingerprint density at radius 1 is 0.944 bits per heavy atom. The maximum absolute atomic E-state index is 13.2. The predicted molar refractivity (Wildman–Crippen MR) is 136 cm³/mol. The van der Waals surface area contributed by atoms with Gasteiger partial charge in [0.1, 0.15) is 12.4 Å². The van der Waals surface area contributed by atoms with Crippen LogP contribution in [0.4, 0.5) is 10.2 Å². The summed E-state index contributed by atoms with van der Waals surface area (Å²) >= 11 is 0. The van der Waals surface area contributed by atoms with Gasteiger partial charge in [0, 0.05) is 37.7 Å². The number of hydrogen-bond acceptors (Lipinski definition) is 5. The number of hydrogen-bond donors (Lipinski definition) is 0. The molecule has 0 unspecified atom stereocenters. The summed E-state index contributed by atoms with van der Waals surface area (Å²) in [5.74, 6) is 0.567. The van der Waals surface area contributed by atoms with E-state index in [9.17, 15) is 14.0 Å². The number of halogens is 1. The van der Waals surface area contributed by atoms with E-state index in [1.165, 1.54) is 12.1 Å². The Hall–Kier alpha value is -3.81. The molecule has 1 atom stereocenters. The number of benzene rings is 2. The van der Waals surface area contributed by atoms with Crippen LogP contribution in [0, 0.1) is 11.7 Å². The van der Waals surface area contributed by atoms with Gasteiger partial charge in [0.05, 0.1) is 11.7 Å². The van der Waals surface area contributed by atoms with Crippen molar-refractivity contribution in [3.63, 3.8) is 0 Å². The van der Waals surface area contributed by atoms with Gasteiger partial charge in [-0.05, 0) is 61.7 Å². The highest BCUT2D eigenvalue weighted by atomic mass is 19.1. The average Bonchev–Trinajstić information content (AvgIpc) is 3.78. The van der Waals surface area contributed by atoms with E-state index in [4.69, 9.17) is 0 Å². The van der Waals surface area contributed by atoms with Crippen LogP contribution in [0.15, 0.2) is 66.7 Å². The molecular formula is C28H30FN5O2. The van der Waals surface area contributed by atoms with Crippen LogP contribution in [0.5, 0.6) is 0 Å². The molecule has 1 aliphatic heterocycles. The van der Waals surface area contributed by atoms with Crippen LogP contribution in [0.2, 0.25) is 0 Å². The molecule has 2 fully saturated rings. The molecule has 0 spiro atoms. The van der Waals surface area contributed by atoms with E-state index in [2.05, 4.69) is 15.1 Å². The smallest absolute Gasteiger partial charge is 0.242 e. The van der Waals surface area contributed by atoms with Crippen molar-refractivity contribution in [3.05, 3.63) is 78.1 Å². The molecule has 5 rings (SSSR count). The molecular weight excluding hydrogens is 457 g/mol. The molecule has 1 saturated heterocycles. The van der Waals surface area contributed by atoms with Crippen molar-refractivity contribution >= 4 is 17.6 Å². The molecule has 186 valence electrons. The van der Waals surface area contributed by atoms with Gasteiger partial charge in [0.15, 0.2) is 5.82 Å². The third kappa shape index (κ3) is 5.37. The first-order valence-corrected chi connectivity index (χ1v) is 12.5. The van der Waals surface area contributed by atoms with Gasteiger partial charge in [-0.2, -0.15) is 0 Å². The number of aromatic nitrogens is 2. The number of amides is 2. The minimum atomic E-state index is -0.287. The minimum Gasteiger partial charge on any atom is -0.352 e. The van der Waals surface area contributed by atoms with E-state index >= 15 is 0 Å². The first-order valence-electron chi connectivity index (χ1n) is 12.5. The topological polar surface area (TPSA) is 69.6 Å². The molecule has 2 aromatic carbocycles. The first kappa shape index (κ1) is 23.9. The molecule has 7 nitrogen and oxygen atoms in total. The lowest BCUT2D eigenvalue weighted by Gasteiger charge is -2.37. The lowest BCUT2D eigenvalue weighted by molar-refractivity contribution is -0.143. The van der Waals surface area contributed by atoms with Crippen molar-refractivity contribution in [2.45, 2.75) is 25.8 Å². The summed E-state index contributed by atoms with van der Waals surface area (Å²) in [6, 6.07) is 19.7. The SMILES string of the molecule is C[C@@H](c1ccccc1)N(CC(=O)N1CCN(c2ccc(-c3ccc(F)cc3)nn2)CC1)C(=O)C1CC1. The average molecular weight is 488 g/mol. The Bertz CT molecular complexity index is 1190. The highest BCUT2D eigenvalue weighted by Gasteiger charge is 2.37. The number of anilines is 1. The zero-order chi connectivity index (χ0) is 25.1. The fourth-order valence-corrected chi connectivity index (χ4v) is 4.58. The molecule has 2 heterocycles. The third-order valence-corrected chi connectivity index (χ3v) is 7.01. The highest BCUT2D eigenvalue weighted by molar-refractivity contribution is 5.87. The fraction of sp³-hybridized carbons (Fsp3) is 0.357. The van der Waals surface area contributed by atoms with Crippen molar-refractivity contribution in [3.8, 4) is 11.3 Å². The molecule has 1 aromatic heterocycles. The fourth-order valence-electron chi connectivity index (χ4n) is 4.58. The number of nitrogens with zero attached hydrogens (tertiary/aromatic N) is 5. The Morgan fingerprint density at radius 3 is 2.25 bits per heavy atom. The largest absolute Gasteiger partial charge is 0.352 e.